The number of amides is 1. The van der Waals surface area contributed by atoms with E-state index in [2.05, 4.69) is 17.1 Å². The number of hydrogen-bond donors (Lipinski definition) is 2. The van der Waals surface area contributed by atoms with Gasteiger partial charge >= 0.3 is 5.97 Å². The molecule has 1 amide bonds. The second kappa shape index (κ2) is 11.1. The van der Waals surface area contributed by atoms with Crippen molar-refractivity contribution in [3.8, 4) is 0 Å². The third-order valence-corrected chi connectivity index (χ3v) is 6.03. The molecule has 0 aromatic carbocycles. The number of carboxylic acids is 1. The Labute approximate surface area is 164 Å². The van der Waals surface area contributed by atoms with Gasteiger partial charge in [0, 0.05) is 18.6 Å². The molecule has 1 saturated carbocycles. The van der Waals surface area contributed by atoms with Crippen LogP contribution in [0.15, 0.2) is 0 Å². The fraction of sp³-hybridized carbons (Fsp3) is 0.895. The van der Waals surface area contributed by atoms with Gasteiger partial charge in [0.25, 0.3) is 0 Å². The van der Waals surface area contributed by atoms with E-state index < -0.39 is 5.97 Å². The van der Waals surface area contributed by atoms with E-state index in [1.165, 1.54) is 12.8 Å². The van der Waals surface area contributed by atoms with E-state index in [0.29, 0.717) is 6.04 Å². The lowest BCUT2D eigenvalue weighted by Crippen LogP contribution is -2.49. The Bertz CT molecular complexity index is 455. The van der Waals surface area contributed by atoms with Crippen LogP contribution in [0.25, 0.3) is 0 Å². The van der Waals surface area contributed by atoms with Gasteiger partial charge in [-0.2, -0.15) is 0 Å². The van der Waals surface area contributed by atoms with E-state index in [4.69, 9.17) is 5.11 Å². The maximum absolute atomic E-state index is 12.6. The van der Waals surface area contributed by atoms with Gasteiger partial charge in [-0.15, -0.1) is 12.4 Å². The number of hydrogen-bond acceptors (Lipinski definition) is 4. The topological polar surface area (TPSA) is 72.9 Å². The zero-order valence-electron chi connectivity index (χ0n) is 16.4. The quantitative estimate of drug-likeness (QED) is 0.729. The minimum absolute atomic E-state index is 0. The van der Waals surface area contributed by atoms with Crippen LogP contribution in [0.5, 0.6) is 0 Å². The molecule has 1 aliphatic heterocycles. The molecule has 1 heterocycles. The standard InChI is InChI=1S/C19H35N3O3.ClH/c1-14-6-8-16(9-7-14)20-19(25)15(2)22-11-4-5-17(10-12-22)21(3)13-18(23)24;/h14-17H,4-13H2,1-3H3,(H,20,25)(H,23,24);1H. The average molecular weight is 390 g/mol. The predicted molar refractivity (Wildman–Crippen MR) is 106 cm³/mol. The number of nitrogens with one attached hydrogen (secondary N) is 1. The lowest BCUT2D eigenvalue weighted by atomic mass is 9.87. The van der Waals surface area contributed by atoms with Crippen molar-refractivity contribution in [3.05, 3.63) is 0 Å². The minimum atomic E-state index is -0.779. The predicted octanol–water partition coefficient (Wildman–Crippen LogP) is 2.36. The van der Waals surface area contributed by atoms with Gasteiger partial charge in [0.05, 0.1) is 12.6 Å². The summed E-state index contributed by atoms with van der Waals surface area (Å²) in [5.41, 5.74) is 0. The van der Waals surface area contributed by atoms with Gasteiger partial charge in [-0.3, -0.25) is 19.4 Å². The van der Waals surface area contributed by atoms with Gasteiger partial charge in [-0.25, -0.2) is 0 Å². The molecule has 2 atom stereocenters. The van der Waals surface area contributed by atoms with E-state index in [-0.39, 0.29) is 36.9 Å². The number of halogens is 1. The highest BCUT2D eigenvalue weighted by Crippen LogP contribution is 2.24. The SMILES string of the molecule is CC1CCC(NC(=O)C(C)N2CCCC(N(C)CC(=O)O)CC2)CC1.Cl. The second-order valence-corrected chi connectivity index (χ2v) is 8.07. The first kappa shape index (κ1) is 23.2. The Kier molecular flexibility index (Phi) is 9.90. The largest absolute Gasteiger partial charge is 0.480 e. The summed E-state index contributed by atoms with van der Waals surface area (Å²) in [6.07, 6.45) is 7.54. The van der Waals surface area contributed by atoms with Crippen LogP contribution >= 0.6 is 12.4 Å². The highest BCUT2D eigenvalue weighted by molar-refractivity contribution is 5.85. The monoisotopic (exact) mass is 389 g/mol. The van der Waals surface area contributed by atoms with Crippen molar-refractivity contribution in [2.45, 2.75) is 76.9 Å². The molecule has 2 N–H and O–H groups in total. The van der Waals surface area contributed by atoms with E-state index in [1.807, 2.05) is 18.9 Å². The lowest BCUT2D eigenvalue weighted by molar-refractivity contribution is -0.138. The van der Waals surface area contributed by atoms with Gasteiger partial charge < -0.3 is 10.4 Å². The lowest BCUT2D eigenvalue weighted by Gasteiger charge is -2.31. The highest BCUT2D eigenvalue weighted by atomic mass is 35.5. The summed E-state index contributed by atoms with van der Waals surface area (Å²) in [5, 5.41) is 12.2. The second-order valence-electron chi connectivity index (χ2n) is 8.07. The number of likely N-dealkylation sites (tertiary alicyclic amines) is 1. The fourth-order valence-corrected chi connectivity index (χ4v) is 4.16. The van der Waals surface area contributed by atoms with E-state index in [1.54, 1.807) is 0 Å². The van der Waals surface area contributed by atoms with E-state index in [0.717, 1.165) is 51.1 Å². The van der Waals surface area contributed by atoms with Crippen LogP contribution in [0, 0.1) is 5.92 Å². The maximum Gasteiger partial charge on any atom is 0.317 e. The third-order valence-electron chi connectivity index (χ3n) is 6.03. The molecule has 7 heteroatoms. The van der Waals surface area contributed by atoms with E-state index in [9.17, 15) is 9.59 Å². The first-order valence-corrected chi connectivity index (χ1v) is 9.83. The van der Waals surface area contributed by atoms with Gasteiger partial charge in [-0.1, -0.05) is 6.92 Å². The number of nitrogens with zero attached hydrogens (tertiary/aromatic N) is 2. The smallest absolute Gasteiger partial charge is 0.317 e. The van der Waals surface area contributed by atoms with Crippen molar-refractivity contribution in [1.82, 2.24) is 15.1 Å². The summed E-state index contributed by atoms with van der Waals surface area (Å²) in [6, 6.07) is 0.520. The van der Waals surface area contributed by atoms with Crippen LogP contribution in [0.2, 0.25) is 0 Å². The molecule has 26 heavy (non-hydrogen) atoms. The van der Waals surface area contributed by atoms with Crippen LogP contribution in [0.4, 0.5) is 0 Å². The van der Waals surface area contributed by atoms with Gasteiger partial charge in [0.1, 0.15) is 0 Å². The van der Waals surface area contributed by atoms with Crippen LogP contribution in [0.1, 0.15) is 58.8 Å². The molecule has 0 radical (unpaired) electrons. The Morgan fingerprint density at radius 1 is 1.15 bits per heavy atom. The van der Waals surface area contributed by atoms with Crippen molar-refractivity contribution < 1.29 is 14.7 Å². The van der Waals surface area contributed by atoms with Crippen molar-refractivity contribution in [2.75, 3.05) is 26.7 Å². The Morgan fingerprint density at radius 2 is 1.81 bits per heavy atom. The highest BCUT2D eigenvalue weighted by Gasteiger charge is 2.28. The molecule has 2 aliphatic rings. The number of likely N-dealkylation sites (N-methyl/N-ethyl adjacent to an activating group) is 1. The molecule has 0 aromatic heterocycles. The number of carbonyl (C=O) groups excluding carboxylic acids is 1. The average Bonchev–Trinajstić information content (AvgIpc) is 2.81. The first-order chi connectivity index (χ1) is 11.9. The van der Waals surface area contributed by atoms with Gasteiger partial charge in [0.15, 0.2) is 0 Å². The molecule has 1 aliphatic carbocycles. The Hall–Kier alpha value is -0.850. The first-order valence-electron chi connectivity index (χ1n) is 9.83. The van der Waals surface area contributed by atoms with E-state index >= 15 is 0 Å². The van der Waals surface area contributed by atoms with Gasteiger partial charge in [0.2, 0.25) is 5.91 Å². The van der Waals surface area contributed by atoms with Crippen molar-refractivity contribution in [1.29, 1.82) is 0 Å². The molecule has 2 rings (SSSR count). The zero-order valence-corrected chi connectivity index (χ0v) is 17.3. The Morgan fingerprint density at radius 3 is 2.42 bits per heavy atom. The van der Waals surface area contributed by atoms with Crippen LogP contribution < -0.4 is 5.32 Å². The minimum Gasteiger partial charge on any atom is -0.480 e. The van der Waals surface area contributed by atoms with Crippen molar-refractivity contribution in [2.24, 2.45) is 5.92 Å². The Balaban J connectivity index is 0.00000338. The molecule has 0 aromatic rings. The molecule has 0 spiro atoms. The number of aliphatic carboxylic acids is 1. The molecular weight excluding hydrogens is 354 g/mol. The van der Waals surface area contributed by atoms with Crippen LogP contribution in [0.3, 0.4) is 0 Å². The molecule has 1 saturated heterocycles. The maximum atomic E-state index is 12.6. The summed E-state index contributed by atoms with van der Waals surface area (Å²) in [6.45, 7) is 6.14. The summed E-state index contributed by atoms with van der Waals surface area (Å²) in [4.78, 5) is 27.7. The summed E-state index contributed by atoms with van der Waals surface area (Å²) >= 11 is 0. The summed E-state index contributed by atoms with van der Waals surface area (Å²) in [7, 11) is 1.88. The number of carboxylic acid groups (broad SMARTS) is 1. The molecule has 2 fully saturated rings. The molecular formula is C19H36ClN3O3. The number of carbonyl (C=O) groups is 2. The molecule has 6 nitrogen and oxygen atoms in total. The normalized spacial score (nSPS) is 28.7. The van der Waals surface area contributed by atoms with Crippen molar-refractivity contribution in [3.63, 3.8) is 0 Å². The summed E-state index contributed by atoms with van der Waals surface area (Å²) in [5.74, 6) is 0.158. The number of rotatable bonds is 6. The molecule has 0 bridgehead atoms. The molecule has 152 valence electrons. The zero-order chi connectivity index (χ0) is 18.4. The summed E-state index contributed by atoms with van der Waals surface area (Å²) < 4.78 is 0. The van der Waals surface area contributed by atoms with Crippen molar-refractivity contribution >= 4 is 24.3 Å². The van der Waals surface area contributed by atoms with Crippen LogP contribution in [-0.4, -0.2) is 71.6 Å². The van der Waals surface area contributed by atoms with Crippen LogP contribution in [-0.2, 0) is 9.59 Å². The van der Waals surface area contributed by atoms with Gasteiger partial charge in [-0.05, 0) is 71.4 Å². The molecule has 2 unspecified atom stereocenters. The fourth-order valence-electron chi connectivity index (χ4n) is 4.16. The third kappa shape index (κ3) is 7.05.